The third kappa shape index (κ3) is 5.09. The lowest BCUT2D eigenvalue weighted by Crippen LogP contribution is -2.07. The van der Waals surface area contributed by atoms with Crippen LogP contribution in [0.2, 0.25) is 0 Å². The van der Waals surface area contributed by atoms with Crippen LogP contribution in [-0.2, 0) is 9.84 Å². The van der Waals surface area contributed by atoms with Crippen molar-refractivity contribution in [2.45, 2.75) is 37.0 Å². The molecule has 0 radical (unpaired) electrons. The van der Waals surface area contributed by atoms with Crippen molar-refractivity contribution in [1.29, 1.82) is 0 Å². The zero-order chi connectivity index (χ0) is 21.0. The summed E-state index contributed by atoms with van der Waals surface area (Å²) in [6.07, 6.45) is 1.08. The average Bonchev–Trinajstić information content (AvgIpc) is 2.73. The molecule has 3 nitrogen and oxygen atoms in total. The van der Waals surface area contributed by atoms with Crippen LogP contribution < -0.4 is 4.74 Å². The molecule has 0 N–H and O–H groups in total. The van der Waals surface area contributed by atoms with Gasteiger partial charge in [0, 0.05) is 0 Å². The molecule has 29 heavy (non-hydrogen) atoms. The first-order valence-electron chi connectivity index (χ1n) is 9.66. The molecule has 0 spiro atoms. The minimum Gasteiger partial charge on any atom is -0.492 e. The Morgan fingerprint density at radius 2 is 1.45 bits per heavy atom. The van der Waals surface area contributed by atoms with Gasteiger partial charge in [0.25, 0.3) is 0 Å². The molecule has 0 heterocycles. The van der Waals surface area contributed by atoms with Crippen LogP contribution in [0.5, 0.6) is 5.75 Å². The van der Waals surface area contributed by atoms with Crippen LogP contribution in [0.25, 0.3) is 11.1 Å². The van der Waals surface area contributed by atoms with E-state index in [0.29, 0.717) is 17.4 Å². The summed E-state index contributed by atoms with van der Waals surface area (Å²) in [5.41, 5.74) is 2.97. The van der Waals surface area contributed by atoms with Crippen molar-refractivity contribution in [3.8, 4) is 16.9 Å². The maximum Gasteiger partial charge on any atom is 0.206 e. The van der Waals surface area contributed by atoms with Crippen LogP contribution >= 0.6 is 15.9 Å². The molecule has 0 aliphatic rings. The Balaban J connectivity index is 1.81. The fourth-order valence-corrected chi connectivity index (χ4v) is 4.58. The maximum absolute atomic E-state index is 12.8. The molecular weight excluding hydrogens is 448 g/mol. The summed E-state index contributed by atoms with van der Waals surface area (Å²) in [5, 5.41) is 0. The van der Waals surface area contributed by atoms with Gasteiger partial charge in [-0.05, 0) is 76.3 Å². The molecule has 0 fully saturated rings. The molecule has 5 heteroatoms. The van der Waals surface area contributed by atoms with Gasteiger partial charge in [-0.1, -0.05) is 56.2 Å². The topological polar surface area (TPSA) is 43.4 Å². The largest absolute Gasteiger partial charge is 0.492 e. The molecule has 0 aromatic heterocycles. The summed E-state index contributed by atoms with van der Waals surface area (Å²) in [5.74, 6) is 1.32. The number of hydrogen-bond donors (Lipinski definition) is 0. The van der Waals surface area contributed by atoms with Crippen molar-refractivity contribution in [1.82, 2.24) is 0 Å². The Morgan fingerprint density at radius 3 is 2.00 bits per heavy atom. The number of rotatable bonds is 7. The van der Waals surface area contributed by atoms with Crippen LogP contribution in [0.15, 0.2) is 81.0 Å². The third-order valence-electron chi connectivity index (χ3n) is 4.98. The second-order valence-corrected chi connectivity index (χ2v) is 10.1. The van der Waals surface area contributed by atoms with Gasteiger partial charge in [-0.3, -0.25) is 0 Å². The molecule has 3 rings (SSSR count). The molecule has 0 bridgehead atoms. The van der Waals surface area contributed by atoms with Crippen molar-refractivity contribution in [3.63, 3.8) is 0 Å². The van der Waals surface area contributed by atoms with Gasteiger partial charge >= 0.3 is 0 Å². The maximum atomic E-state index is 12.8. The molecule has 3 aromatic rings. The van der Waals surface area contributed by atoms with E-state index in [1.165, 1.54) is 0 Å². The lowest BCUT2D eigenvalue weighted by Gasteiger charge is -2.13. The van der Waals surface area contributed by atoms with Crippen molar-refractivity contribution in [2.75, 3.05) is 6.61 Å². The zero-order valence-electron chi connectivity index (χ0n) is 16.9. The summed E-state index contributed by atoms with van der Waals surface area (Å²) in [6, 6.07) is 19.8. The van der Waals surface area contributed by atoms with E-state index in [1.807, 2.05) is 49.4 Å². The van der Waals surface area contributed by atoms with Gasteiger partial charge in [0.2, 0.25) is 9.84 Å². The fourth-order valence-electron chi connectivity index (χ4n) is 2.83. The van der Waals surface area contributed by atoms with Gasteiger partial charge in [0.05, 0.1) is 20.9 Å². The van der Waals surface area contributed by atoms with E-state index in [-0.39, 0.29) is 4.90 Å². The van der Waals surface area contributed by atoms with Gasteiger partial charge in [-0.15, -0.1) is 0 Å². The van der Waals surface area contributed by atoms with E-state index in [1.54, 1.807) is 24.3 Å². The summed E-state index contributed by atoms with van der Waals surface area (Å²) >= 11 is 3.58. The number of ether oxygens (including phenoxy) is 1. The molecule has 152 valence electrons. The molecule has 0 saturated carbocycles. The molecule has 1 atom stereocenters. The van der Waals surface area contributed by atoms with E-state index in [4.69, 9.17) is 4.74 Å². The lowest BCUT2D eigenvalue weighted by atomic mass is 10.1. The molecule has 1 unspecified atom stereocenters. The quantitative estimate of drug-likeness (QED) is 0.384. The second kappa shape index (κ2) is 9.14. The lowest BCUT2D eigenvalue weighted by molar-refractivity contribution is 0.255. The number of hydrogen-bond acceptors (Lipinski definition) is 3. The van der Waals surface area contributed by atoms with Crippen LogP contribution in [0.3, 0.4) is 0 Å². The molecule has 0 saturated heterocycles. The van der Waals surface area contributed by atoms with Gasteiger partial charge in [0.1, 0.15) is 5.75 Å². The number of aryl methyl sites for hydroxylation is 1. The second-order valence-electron chi connectivity index (χ2n) is 7.31. The Bertz CT molecular complexity index is 1070. The third-order valence-corrected chi connectivity index (χ3v) is 7.39. The fraction of sp³-hybridized carbons (Fsp3) is 0.250. The first-order chi connectivity index (χ1) is 13.8. The van der Waals surface area contributed by atoms with E-state index < -0.39 is 9.84 Å². The zero-order valence-corrected chi connectivity index (χ0v) is 19.3. The first kappa shape index (κ1) is 21.6. The van der Waals surface area contributed by atoms with Gasteiger partial charge < -0.3 is 4.74 Å². The number of halogens is 1. The van der Waals surface area contributed by atoms with Crippen LogP contribution in [0, 0.1) is 12.8 Å². The van der Waals surface area contributed by atoms with Crippen LogP contribution in [0.1, 0.15) is 25.8 Å². The molecule has 0 aliphatic carbocycles. The van der Waals surface area contributed by atoms with Gasteiger partial charge in [0.15, 0.2) is 0 Å². The molecule has 3 aromatic carbocycles. The first-order valence-corrected chi connectivity index (χ1v) is 11.9. The highest BCUT2D eigenvalue weighted by atomic mass is 79.9. The highest BCUT2D eigenvalue weighted by Gasteiger charge is 2.17. The van der Waals surface area contributed by atoms with Crippen molar-refractivity contribution in [3.05, 3.63) is 76.8 Å². The Morgan fingerprint density at radius 1 is 0.897 bits per heavy atom. The van der Waals surface area contributed by atoms with Crippen LogP contribution in [0.4, 0.5) is 0 Å². The Labute approximate surface area is 181 Å². The van der Waals surface area contributed by atoms with Crippen molar-refractivity contribution >= 4 is 25.8 Å². The molecular formula is C24H25BrO3S. The predicted octanol–water partition coefficient (Wildman–Crippen LogP) is 6.68. The summed E-state index contributed by atoms with van der Waals surface area (Å²) in [7, 11) is -3.52. The van der Waals surface area contributed by atoms with Gasteiger partial charge in [-0.2, -0.15) is 0 Å². The Kier molecular flexibility index (Phi) is 6.81. The van der Waals surface area contributed by atoms with E-state index >= 15 is 0 Å². The average molecular weight is 473 g/mol. The van der Waals surface area contributed by atoms with Gasteiger partial charge in [-0.25, -0.2) is 8.42 Å². The Hall–Kier alpha value is -2.11. The van der Waals surface area contributed by atoms with E-state index in [9.17, 15) is 8.42 Å². The standard InChI is InChI=1S/C24H25BrO3S/c1-4-17(2)16-28-24-14-9-20(15-23(24)25)19-7-12-22(13-8-19)29(26,27)21-10-5-18(3)6-11-21/h5-15,17H,4,16H2,1-3H3. The van der Waals surface area contributed by atoms with Crippen LogP contribution in [-0.4, -0.2) is 15.0 Å². The highest BCUT2D eigenvalue weighted by Crippen LogP contribution is 2.32. The minimum absolute atomic E-state index is 0.290. The SMILES string of the molecule is CCC(C)COc1ccc(-c2ccc(S(=O)(=O)c3ccc(C)cc3)cc2)cc1Br. The number of sulfone groups is 1. The summed E-state index contributed by atoms with van der Waals surface area (Å²) in [6.45, 7) is 6.92. The highest BCUT2D eigenvalue weighted by molar-refractivity contribution is 9.10. The predicted molar refractivity (Wildman–Crippen MR) is 121 cm³/mol. The smallest absolute Gasteiger partial charge is 0.206 e. The molecule has 0 amide bonds. The minimum atomic E-state index is -3.52. The normalized spacial score (nSPS) is 12.6. The van der Waals surface area contributed by atoms with E-state index in [0.717, 1.165) is 33.3 Å². The van der Waals surface area contributed by atoms with Crippen molar-refractivity contribution < 1.29 is 13.2 Å². The monoisotopic (exact) mass is 472 g/mol. The number of benzene rings is 3. The summed E-state index contributed by atoms with van der Waals surface area (Å²) in [4.78, 5) is 0.596. The molecule has 0 aliphatic heterocycles. The summed E-state index contributed by atoms with van der Waals surface area (Å²) < 4.78 is 32.4. The van der Waals surface area contributed by atoms with E-state index in [2.05, 4.69) is 29.8 Å². The van der Waals surface area contributed by atoms with Crippen molar-refractivity contribution in [2.24, 2.45) is 5.92 Å².